The number of alkyl halides is 6. The minimum Gasteiger partial charge on any atom is -0.281 e. The van der Waals surface area contributed by atoms with Crippen LogP contribution in [-0.4, -0.2) is 18.4 Å². The van der Waals surface area contributed by atoms with Crippen LogP contribution in [-0.2, 0) is 0 Å². The maximum Gasteiger partial charge on any atom is 0.505 e. The van der Waals surface area contributed by atoms with E-state index in [0.29, 0.717) is 0 Å². The van der Waals surface area contributed by atoms with Crippen molar-refractivity contribution < 1.29 is 26.3 Å². The average Bonchev–Trinajstić information content (AvgIpc) is 2.14. The van der Waals surface area contributed by atoms with Gasteiger partial charge in [0.2, 0.25) is 0 Å². The highest BCUT2D eigenvalue weighted by atomic mass is 19.4. The van der Waals surface area contributed by atoms with Gasteiger partial charge in [-0.2, -0.15) is 18.2 Å². The van der Waals surface area contributed by atoms with E-state index in [1.54, 1.807) is 0 Å². The Balaban J connectivity index is 3.09. The highest BCUT2D eigenvalue weighted by Crippen LogP contribution is 2.19. The summed E-state index contributed by atoms with van der Waals surface area (Å²) >= 11 is 0. The fourth-order valence-corrected chi connectivity index (χ4v) is 1.02. The Kier molecular flexibility index (Phi) is 3.64. The second-order valence-corrected chi connectivity index (χ2v) is 2.92. The predicted molar refractivity (Wildman–Crippen MR) is 48.2 cm³/mol. The van der Waals surface area contributed by atoms with Crippen molar-refractivity contribution in [2.45, 2.75) is 12.6 Å². The van der Waals surface area contributed by atoms with Gasteiger partial charge >= 0.3 is 12.6 Å². The zero-order valence-corrected chi connectivity index (χ0v) is 8.10. The van der Waals surface area contributed by atoms with Crippen LogP contribution in [0, 0.1) is 0 Å². The molecule has 0 saturated heterocycles. The number of benzene rings is 1. The van der Waals surface area contributed by atoms with Crippen LogP contribution in [0.3, 0.4) is 0 Å². The monoisotopic (exact) mass is 256 g/mol. The lowest BCUT2D eigenvalue weighted by molar-refractivity contribution is -0.144. The topological polar surface area (TPSA) is 24.4 Å². The van der Waals surface area contributed by atoms with Crippen LogP contribution >= 0.6 is 0 Å². The van der Waals surface area contributed by atoms with E-state index in [9.17, 15) is 26.3 Å². The molecular formula is C9H6F6N2. The van der Waals surface area contributed by atoms with E-state index in [0.717, 1.165) is 17.4 Å². The van der Waals surface area contributed by atoms with Gasteiger partial charge in [0.1, 0.15) is 5.84 Å². The Morgan fingerprint density at radius 1 is 0.941 bits per heavy atom. The molecule has 0 bridgehead atoms. The van der Waals surface area contributed by atoms with E-state index < -0.39 is 18.4 Å². The zero-order chi connectivity index (χ0) is 13.1. The van der Waals surface area contributed by atoms with Crippen molar-refractivity contribution in [2.24, 2.45) is 4.99 Å². The molecule has 0 spiro atoms. The van der Waals surface area contributed by atoms with Gasteiger partial charge in [0, 0.05) is 5.56 Å². The molecule has 17 heavy (non-hydrogen) atoms. The summed E-state index contributed by atoms with van der Waals surface area (Å²) < 4.78 is 71.9. The number of hydrogen-bond acceptors (Lipinski definition) is 1. The molecule has 0 aliphatic carbocycles. The van der Waals surface area contributed by atoms with Crippen LogP contribution < -0.4 is 5.32 Å². The molecule has 0 aromatic heterocycles. The molecular weight excluding hydrogens is 250 g/mol. The largest absolute Gasteiger partial charge is 0.505 e. The SMILES string of the molecule is FC(F)(F)N=C(NC(F)(F)F)c1ccccc1. The first kappa shape index (κ1) is 13.3. The van der Waals surface area contributed by atoms with Crippen molar-refractivity contribution in [1.29, 1.82) is 0 Å². The first-order chi connectivity index (χ1) is 7.67. The van der Waals surface area contributed by atoms with Crippen molar-refractivity contribution in [3.63, 3.8) is 0 Å². The van der Waals surface area contributed by atoms with E-state index in [2.05, 4.69) is 4.99 Å². The minimum atomic E-state index is -5.08. The molecule has 1 aromatic rings. The number of nitrogens with zero attached hydrogens (tertiary/aromatic N) is 1. The lowest BCUT2D eigenvalue weighted by atomic mass is 10.2. The van der Waals surface area contributed by atoms with Gasteiger partial charge in [-0.15, -0.1) is 13.2 Å². The Morgan fingerprint density at radius 3 is 1.88 bits per heavy atom. The number of rotatable bonds is 1. The molecule has 8 heteroatoms. The Bertz CT molecular complexity index is 392. The summed E-state index contributed by atoms with van der Waals surface area (Å²) in [4.78, 5) is 2.05. The summed E-state index contributed by atoms with van der Waals surface area (Å²) in [5.74, 6) is -1.29. The van der Waals surface area contributed by atoms with Gasteiger partial charge in [0.15, 0.2) is 0 Å². The first-order valence-electron chi connectivity index (χ1n) is 4.24. The van der Waals surface area contributed by atoms with Crippen LogP contribution in [0.1, 0.15) is 5.56 Å². The van der Waals surface area contributed by atoms with Crippen LogP contribution in [0.25, 0.3) is 0 Å². The lowest BCUT2D eigenvalue weighted by Crippen LogP contribution is -2.38. The van der Waals surface area contributed by atoms with Crippen LogP contribution in [0.2, 0.25) is 0 Å². The number of hydrogen-bond donors (Lipinski definition) is 1. The third kappa shape index (κ3) is 5.23. The van der Waals surface area contributed by atoms with Gasteiger partial charge < -0.3 is 0 Å². The van der Waals surface area contributed by atoms with Crippen molar-refractivity contribution in [3.8, 4) is 0 Å². The van der Waals surface area contributed by atoms with Gasteiger partial charge in [0.25, 0.3) is 0 Å². The van der Waals surface area contributed by atoms with E-state index in [-0.39, 0.29) is 5.56 Å². The molecule has 1 rings (SSSR count). The maximum atomic E-state index is 12.0. The Hall–Kier alpha value is -1.73. The summed E-state index contributed by atoms with van der Waals surface area (Å²) in [5, 5.41) is 0.759. The maximum absolute atomic E-state index is 12.0. The lowest BCUT2D eigenvalue weighted by Gasteiger charge is -2.13. The second kappa shape index (κ2) is 4.64. The quantitative estimate of drug-likeness (QED) is 0.355. The molecule has 0 atom stereocenters. The molecule has 0 fully saturated rings. The molecule has 0 amide bonds. The summed E-state index contributed by atoms with van der Waals surface area (Å²) in [6.07, 6.45) is -10.1. The number of nitrogens with one attached hydrogen (secondary N) is 1. The number of halogens is 6. The first-order valence-corrected chi connectivity index (χ1v) is 4.24. The zero-order valence-electron chi connectivity index (χ0n) is 8.10. The highest BCUT2D eigenvalue weighted by molar-refractivity contribution is 5.99. The average molecular weight is 256 g/mol. The van der Waals surface area contributed by atoms with E-state index in [1.165, 1.54) is 18.2 Å². The molecule has 0 aliphatic heterocycles. The second-order valence-electron chi connectivity index (χ2n) is 2.92. The van der Waals surface area contributed by atoms with Crippen molar-refractivity contribution in [3.05, 3.63) is 35.9 Å². The molecule has 0 saturated carbocycles. The smallest absolute Gasteiger partial charge is 0.281 e. The Labute approximate surface area is 92.0 Å². The number of amidine groups is 1. The van der Waals surface area contributed by atoms with Crippen molar-refractivity contribution >= 4 is 5.84 Å². The predicted octanol–water partition coefficient (Wildman–Crippen LogP) is 3.06. The fraction of sp³-hybridized carbons (Fsp3) is 0.222. The normalized spacial score (nSPS) is 13.6. The third-order valence-electron chi connectivity index (χ3n) is 1.55. The van der Waals surface area contributed by atoms with Gasteiger partial charge in [-0.25, -0.2) is 0 Å². The molecule has 0 unspecified atom stereocenters. The molecule has 0 aliphatic rings. The third-order valence-corrected chi connectivity index (χ3v) is 1.55. The van der Waals surface area contributed by atoms with E-state index >= 15 is 0 Å². The summed E-state index contributed by atoms with van der Waals surface area (Å²) in [5.41, 5.74) is -0.304. The molecule has 0 radical (unpaired) electrons. The van der Waals surface area contributed by atoms with Gasteiger partial charge in [-0.1, -0.05) is 30.3 Å². The molecule has 1 aromatic carbocycles. The van der Waals surface area contributed by atoms with Crippen molar-refractivity contribution in [1.82, 2.24) is 5.32 Å². The van der Waals surface area contributed by atoms with Crippen LogP contribution in [0.4, 0.5) is 26.3 Å². The molecule has 1 N–H and O–H groups in total. The number of aliphatic imine (C=N–C) groups is 1. The van der Waals surface area contributed by atoms with Gasteiger partial charge in [0.05, 0.1) is 0 Å². The van der Waals surface area contributed by atoms with Gasteiger partial charge in [-0.3, -0.25) is 5.32 Å². The van der Waals surface area contributed by atoms with Crippen molar-refractivity contribution in [2.75, 3.05) is 0 Å². The summed E-state index contributed by atoms with van der Waals surface area (Å²) in [6.45, 7) is 0. The molecule has 0 heterocycles. The fourth-order valence-electron chi connectivity index (χ4n) is 1.02. The molecule has 2 nitrogen and oxygen atoms in total. The van der Waals surface area contributed by atoms with E-state index in [4.69, 9.17) is 0 Å². The standard InChI is InChI=1S/C9H6F6N2/c10-8(11,12)16-7(17-9(13,14)15)6-4-2-1-3-5-6/h1-5H,(H,16,17). The van der Waals surface area contributed by atoms with Crippen LogP contribution in [0.5, 0.6) is 0 Å². The summed E-state index contributed by atoms with van der Waals surface area (Å²) in [6, 6.07) is 6.24. The van der Waals surface area contributed by atoms with Gasteiger partial charge in [-0.05, 0) is 0 Å². The molecule has 94 valence electrons. The van der Waals surface area contributed by atoms with E-state index in [1.807, 2.05) is 0 Å². The summed E-state index contributed by atoms with van der Waals surface area (Å²) in [7, 11) is 0. The highest BCUT2D eigenvalue weighted by Gasteiger charge is 2.33. The minimum absolute atomic E-state index is 0.304. The Morgan fingerprint density at radius 2 is 1.47 bits per heavy atom. The van der Waals surface area contributed by atoms with Crippen LogP contribution in [0.15, 0.2) is 35.3 Å².